The van der Waals surface area contributed by atoms with Gasteiger partial charge < -0.3 is 18.8 Å². The topological polar surface area (TPSA) is 51.9 Å². The molecule has 0 spiro atoms. The number of hydrogen-bond acceptors (Lipinski definition) is 4. The minimum atomic E-state index is -0.0496. The van der Waals surface area contributed by atoms with Gasteiger partial charge in [0, 0.05) is 26.3 Å². The molecule has 0 atom stereocenters. The van der Waals surface area contributed by atoms with Gasteiger partial charge in [0.1, 0.15) is 5.76 Å². The third-order valence-corrected chi connectivity index (χ3v) is 3.26. The van der Waals surface area contributed by atoms with E-state index in [1.54, 1.807) is 25.4 Å². The molecule has 1 amide bonds. The summed E-state index contributed by atoms with van der Waals surface area (Å²) in [7, 11) is 3.26. The Morgan fingerprint density at radius 1 is 1.18 bits per heavy atom. The third-order valence-electron chi connectivity index (χ3n) is 3.26. The first-order chi connectivity index (χ1) is 10.7. The van der Waals surface area contributed by atoms with E-state index in [0.717, 1.165) is 11.3 Å². The molecule has 0 saturated heterocycles. The number of methoxy groups -OCH3 is 2. The number of hydrogen-bond donors (Lipinski definition) is 0. The van der Waals surface area contributed by atoms with Crippen molar-refractivity contribution in [1.82, 2.24) is 4.90 Å². The van der Waals surface area contributed by atoms with Crippen molar-refractivity contribution in [1.29, 1.82) is 0 Å². The van der Waals surface area contributed by atoms with E-state index in [0.29, 0.717) is 31.9 Å². The molecule has 0 N–H and O–H groups in total. The minimum absolute atomic E-state index is 0.0496. The zero-order valence-corrected chi connectivity index (χ0v) is 13.0. The van der Waals surface area contributed by atoms with Crippen LogP contribution in [0.25, 0.3) is 0 Å². The van der Waals surface area contributed by atoms with Crippen molar-refractivity contribution in [3.8, 4) is 0 Å². The number of furan rings is 1. The quantitative estimate of drug-likeness (QED) is 0.752. The summed E-state index contributed by atoms with van der Waals surface area (Å²) < 4.78 is 15.5. The Balaban J connectivity index is 2.14. The number of carbonyl (C=O) groups excluding carboxylic acids is 1. The highest BCUT2D eigenvalue weighted by atomic mass is 16.5. The van der Waals surface area contributed by atoms with Crippen LogP contribution in [0.4, 0.5) is 0 Å². The number of carbonyl (C=O) groups is 1. The maximum atomic E-state index is 12.7. The fourth-order valence-corrected chi connectivity index (χ4v) is 2.19. The summed E-state index contributed by atoms with van der Waals surface area (Å²) in [6.07, 6.45) is 1.60. The molecule has 0 radical (unpaired) electrons. The van der Waals surface area contributed by atoms with E-state index >= 15 is 0 Å². The van der Waals surface area contributed by atoms with E-state index in [-0.39, 0.29) is 5.91 Å². The van der Waals surface area contributed by atoms with Crippen molar-refractivity contribution < 1.29 is 18.7 Å². The first kappa shape index (κ1) is 16.3. The van der Waals surface area contributed by atoms with Crippen LogP contribution in [0.2, 0.25) is 0 Å². The largest absolute Gasteiger partial charge is 0.467 e. The van der Waals surface area contributed by atoms with Crippen LogP contribution in [0.1, 0.15) is 21.7 Å². The highest BCUT2D eigenvalue weighted by Crippen LogP contribution is 2.13. The normalized spacial score (nSPS) is 10.6. The molecule has 0 unspecified atom stereocenters. The summed E-state index contributed by atoms with van der Waals surface area (Å²) in [5.74, 6) is 0.698. The Morgan fingerprint density at radius 2 is 2.05 bits per heavy atom. The molecule has 0 bridgehead atoms. The lowest BCUT2D eigenvalue weighted by Crippen LogP contribution is -2.33. The van der Waals surface area contributed by atoms with Gasteiger partial charge in [-0.2, -0.15) is 0 Å². The molecule has 2 rings (SSSR count). The van der Waals surface area contributed by atoms with Crippen molar-refractivity contribution in [2.75, 3.05) is 27.4 Å². The summed E-state index contributed by atoms with van der Waals surface area (Å²) in [6, 6.07) is 11.1. The third kappa shape index (κ3) is 4.44. The van der Waals surface area contributed by atoms with Crippen LogP contribution >= 0.6 is 0 Å². The molecule has 22 heavy (non-hydrogen) atoms. The maximum Gasteiger partial charge on any atom is 0.254 e. The van der Waals surface area contributed by atoms with E-state index < -0.39 is 0 Å². The van der Waals surface area contributed by atoms with Gasteiger partial charge in [-0.15, -0.1) is 0 Å². The smallest absolute Gasteiger partial charge is 0.254 e. The Labute approximate surface area is 130 Å². The molecule has 0 saturated carbocycles. The predicted octanol–water partition coefficient (Wildman–Crippen LogP) is 2.71. The van der Waals surface area contributed by atoms with Gasteiger partial charge in [0.15, 0.2) is 0 Å². The zero-order valence-electron chi connectivity index (χ0n) is 13.0. The van der Waals surface area contributed by atoms with E-state index in [1.807, 2.05) is 36.4 Å². The molecule has 1 heterocycles. The summed E-state index contributed by atoms with van der Waals surface area (Å²) >= 11 is 0. The lowest BCUT2D eigenvalue weighted by Gasteiger charge is -2.21. The number of benzene rings is 1. The molecular formula is C17H21NO4. The first-order valence-electron chi connectivity index (χ1n) is 7.13. The number of rotatable bonds is 8. The number of nitrogens with zero attached hydrogens (tertiary/aromatic N) is 1. The van der Waals surface area contributed by atoms with Crippen LogP contribution < -0.4 is 0 Å². The van der Waals surface area contributed by atoms with E-state index in [1.165, 1.54) is 0 Å². The van der Waals surface area contributed by atoms with Gasteiger partial charge in [0.25, 0.3) is 5.91 Å². The lowest BCUT2D eigenvalue weighted by atomic mass is 10.1. The molecule has 1 aromatic carbocycles. The Kier molecular flexibility index (Phi) is 6.18. The SMILES string of the molecule is COCCN(Cc1ccco1)C(=O)c1cccc(COC)c1. The van der Waals surface area contributed by atoms with Crippen molar-refractivity contribution >= 4 is 5.91 Å². The van der Waals surface area contributed by atoms with E-state index in [4.69, 9.17) is 13.9 Å². The van der Waals surface area contributed by atoms with Crippen LogP contribution in [0.15, 0.2) is 47.1 Å². The molecule has 0 fully saturated rings. The Hall–Kier alpha value is -2.11. The zero-order chi connectivity index (χ0) is 15.8. The Bertz CT molecular complexity index is 580. The monoisotopic (exact) mass is 303 g/mol. The number of amides is 1. The van der Waals surface area contributed by atoms with Gasteiger partial charge in [0.05, 0.1) is 26.0 Å². The molecule has 0 aliphatic heterocycles. The average Bonchev–Trinajstić information content (AvgIpc) is 3.04. The van der Waals surface area contributed by atoms with Crippen molar-refractivity contribution in [3.05, 3.63) is 59.5 Å². The second-order valence-electron chi connectivity index (χ2n) is 4.93. The van der Waals surface area contributed by atoms with Crippen molar-refractivity contribution in [2.45, 2.75) is 13.2 Å². The average molecular weight is 303 g/mol. The second-order valence-corrected chi connectivity index (χ2v) is 4.93. The second kappa shape index (κ2) is 8.36. The minimum Gasteiger partial charge on any atom is -0.467 e. The maximum absolute atomic E-state index is 12.7. The molecule has 5 heteroatoms. The van der Waals surface area contributed by atoms with Crippen LogP contribution in [0, 0.1) is 0 Å². The fraction of sp³-hybridized carbons (Fsp3) is 0.353. The van der Waals surface area contributed by atoms with Crippen molar-refractivity contribution in [2.24, 2.45) is 0 Å². The van der Waals surface area contributed by atoms with Gasteiger partial charge in [-0.3, -0.25) is 4.79 Å². The highest BCUT2D eigenvalue weighted by Gasteiger charge is 2.17. The van der Waals surface area contributed by atoms with Gasteiger partial charge in [-0.25, -0.2) is 0 Å². The molecule has 118 valence electrons. The summed E-state index contributed by atoms with van der Waals surface area (Å²) in [5, 5.41) is 0. The van der Waals surface area contributed by atoms with Gasteiger partial charge >= 0.3 is 0 Å². The van der Waals surface area contributed by atoms with Gasteiger partial charge in [0.2, 0.25) is 0 Å². The highest BCUT2D eigenvalue weighted by molar-refractivity contribution is 5.94. The van der Waals surface area contributed by atoms with E-state index in [2.05, 4.69) is 0 Å². The van der Waals surface area contributed by atoms with Gasteiger partial charge in [-0.1, -0.05) is 12.1 Å². The number of ether oxygens (including phenoxy) is 2. The molecule has 1 aromatic heterocycles. The van der Waals surface area contributed by atoms with Crippen molar-refractivity contribution in [3.63, 3.8) is 0 Å². The molecule has 0 aliphatic rings. The Morgan fingerprint density at radius 3 is 2.73 bits per heavy atom. The molecule has 5 nitrogen and oxygen atoms in total. The fourth-order valence-electron chi connectivity index (χ4n) is 2.19. The van der Waals surface area contributed by atoms with Gasteiger partial charge in [-0.05, 0) is 29.8 Å². The lowest BCUT2D eigenvalue weighted by molar-refractivity contribution is 0.0666. The molecule has 0 aliphatic carbocycles. The van der Waals surface area contributed by atoms with Crippen LogP contribution in [0.5, 0.6) is 0 Å². The molecule has 2 aromatic rings. The summed E-state index contributed by atoms with van der Waals surface area (Å²) in [4.78, 5) is 14.4. The summed E-state index contributed by atoms with van der Waals surface area (Å²) in [6.45, 7) is 1.88. The summed E-state index contributed by atoms with van der Waals surface area (Å²) in [5.41, 5.74) is 1.61. The van der Waals surface area contributed by atoms with Crippen LogP contribution in [-0.4, -0.2) is 38.2 Å². The van der Waals surface area contributed by atoms with E-state index in [9.17, 15) is 4.79 Å². The molecular weight excluding hydrogens is 282 g/mol. The predicted molar refractivity (Wildman–Crippen MR) is 82.5 cm³/mol. The van der Waals surface area contributed by atoms with Crippen LogP contribution in [-0.2, 0) is 22.6 Å². The first-order valence-corrected chi connectivity index (χ1v) is 7.13. The standard InChI is InChI=1S/C17H21NO4/c1-20-10-8-18(12-16-7-4-9-22-16)17(19)15-6-3-5-14(11-15)13-21-2/h3-7,9,11H,8,10,12-13H2,1-2H3. The van der Waals surface area contributed by atoms with Crippen LogP contribution in [0.3, 0.4) is 0 Å².